The van der Waals surface area contributed by atoms with Crippen molar-refractivity contribution in [1.29, 1.82) is 0 Å². The maximum atomic E-state index is 5.37. The topological polar surface area (TPSA) is 12.5 Å². The standard InChI is InChI=1S/C15H19NOS2/c1(4-16-5-7-17-8-6-16)2-15-10-14(12-19-15)13-3-9-18-11-13/h3,9-12H,1-2,4-8H2. The Morgan fingerprint density at radius 3 is 2.84 bits per heavy atom. The van der Waals surface area contributed by atoms with Crippen LogP contribution in [-0.4, -0.2) is 37.7 Å². The van der Waals surface area contributed by atoms with E-state index in [1.165, 1.54) is 35.4 Å². The summed E-state index contributed by atoms with van der Waals surface area (Å²) in [6.45, 7) is 5.22. The Bertz CT molecular complexity index is 486. The van der Waals surface area contributed by atoms with E-state index in [0.717, 1.165) is 26.3 Å². The van der Waals surface area contributed by atoms with E-state index in [-0.39, 0.29) is 0 Å². The second-order valence-electron chi connectivity index (χ2n) is 4.87. The molecule has 2 aromatic rings. The van der Waals surface area contributed by atoms with Crippen molar-refractivity contribution in [2.75, 3.05) is 32.8 Å². The normalized spacial score (nSPS) is 16.8. The number of thiophene rings is 2. The largest absolute Gasteiger partial charge is 0.379 e. The van der Waals surface area contributed by atoms with Gasteiger partial charge in [0.05, 0.1) is 13.2 Å². The zero-order valence-corrected chi connectivity index (χ0v) is 12.6. The molecule has 4 heteroatoms. The van der Waals surface area contributed by atoms with Gasteiger partial charge < -0.3 is 4.74 Å². The van der Waals surface area contributed by atoms with Crippen LogP contribution in [0.1, 0.15) is 11.3 Å². The van der Waals surface area contributed by atoms with E-state index in [1.807, 2.05) is 11.3 Å². The van der Waals surface area contributed by atoms with Gasteiger partial charge in [-0.2, -0.15) is 11.3 Å². The maximum absolute atomic E-state index is 5.37. The van der Waals surface area contributed by atoms with Gasteiger partial charge in [-0.15, -0.1) is 11.3 Å². The molecule has 0 bridgehead atoms. The summed E-state index contributed by atoms with van der Waals surface area (Å²) in [7, 11) is 0. The van der Waals surface area contributed by atoms with Crippen molar-refractivity contribution in [3.63, 3.8) is 0 Å². The van der Waals surface area contributed by atoms with Crippen LogP contribution in [0.3, 0.4) is 0 Å². The Labute approximate surface area is 122 Å². The van der Waals surface area contributed by atoms with Crippen molar-refractivity contribution in [2.45, 2.75) is 12.8 Å². The van der Waals surface area contributed by atoms with Gasteiger partial charge >= 0.3 is 0 Å². The van der Waals surface area contributed by atoms with Gasteiger partial charge in [-0.05, 0) is 58.8 Å². The molecule has 3 rings (SSSR count). The van der Waals surface area contributed by atoms with Crippen molar-refractivity contribution in [2.24, 2.45) is 0 Å². The van der Waals surface area contributed by atoms with E-state index >= 15 is 0 Å². The summed E-state index contributed by atoms with van der Waals surface area (Å²) in [5.74, 6) is 0. The smallest absolute Gasteiger partial charge is 0.0594 e. The van der Waals surface area contributed by atoms with Crippen LogP contribution in [0.4, 0.5) is 0 Å². The molecule has 0 amide bonds. The molecule has 0 aromatic carbocycles. The molecule has 2 aromatic heterocycles. The van der Waals surface area contributed by atoms with Gasteiger partial charge in [-0.1, -0.05) is 0 Å². The van der Waals surface area contributed by atoms with Crippen LogP contribution in [-0.2, 0) is 11.2 Å². The molecule has 0 saturated carbocycles. The Kier molecular flexibility index (Phi) is 4.66. The molecule has 19 heavy (non-hydrogen) atoms. The zero-order chi connectivity index (χ0) is 12.9. The van der Waals surface area contributed by atoms with Gasteiger partial charge in [0.25, 0.3) is 0 Å². The summed E-state index contributed by atoms with van der Waals surface area (Å²) in [5, 5.41) is 6.65. The molecule has 2 nitrogen and oxygen atoms in total. The highest BCUT2D eigenvalue weighted by Gasteiger charge is 2.10. The van der Waals surface area contributed by atoms with E-state index in [0.29, 0.717) is 0 Å². The number of hydrogen-bond donors (Lipinski definition) is 0. The molecule has 1 aliphatic rings. The average molecular weight is 293 g/mol. The van der Waals surface area contributed by atoms with E-state index in [4.69, 9.17) is 4.74 Å². The lowest BCUT2D eigenvalue weighted by atomic mass is 10.1. The molecule has 0 N–H and O–H groups in total. The first-order chi connectivity index (χ1) is 9.42. The fourth-order valence-corrected chi connectivity index (χ4v) is 4.00. The van der Waals surface area contributed by atoms with Crippen molar-refractivity contribution >= 4 is 22.7 Å². The molecule has 0 radical (unpaired) electrons. The van der Waals surface area contributed by atoms with E-state index in [1.54, 1.807) is 11.3 Å². The lowest BCUT2D eigenvalue weighted by Gasteiger charge is -2.26. The minimum absolute atomic E-state index is 0.904. The summed E-state index contributed by atoms with van der Waals surface area (Å²) < 4.78 is 5.37. The van der Waals surface area contributed by atoms with Crippen LogP contribution in [0.15, 0.2) is 28.3 Å². The summed E-state index contributed by atoms with van der Waals surface area (Å²) in [4.78, 5) is 4.02. The third-order valence-electron chi connectivity index (χ3n) is 3.51. The summed E-state index contributed by atoms with van der Waals surface area (Å²) in [5.41, 5.74) is 2.74. The third-order valence-corrected chi connectivity index (χ3v) is 5.19. The molecule has 1 fully saturated rings. The van der Waals surface area contributed by atoms with Gasteiger partial charge in [-0.3, -0.25) is 4.90 Å². The third kappa shape index (κ3) is 3.66. The highest BCUT2D eigenvalue weighted by Crippen LogP contribution is 2.28. The molecule has 0 atom stereocenters. The minimum Gasteiger partial charge on any atom is -0.379 e. The van der Waals surface area contributed by atoms with Gasteiger partial charge in [0.15, 0.2) is 0 Å². The van der Waals surface area contributed by atoms with Gasteiger partial charge in [0.2, 0.25) is 0 Å². The molecule has 0 unspecified atom stereocenters. The summed E-state index contributed by atoms with van der Waals surface area (Å²) >= 11 is 3.66. The average Bonchev–Trinajstić information content (AvgIpc) is 3.10. The molecule has 0 aliphatic carbocycles. The molecule has 102 valence electrons. The maximum Gasteiger partial charge on any atom is 0.0594 e. The van der Waals surface area contributed by atoms with Gasteiger partial charge in [0.1, 0.15) is 0 Å². The van der Waals surface area contributed by atoms with Crippen LogP contribution >= 0.6 is 22.7 Å². The molecule has 0 spiro atoms. The first-order valence-electron chi connectivity index (χ1n) is 6.82. The fourth-order valence-electron chi connectivity index (χ4n) is 2.39. The van der Waals surface area contributed by atoms with Crippen LogP contribution in [0, 0.1) is 0 Å². The predicted octanol–water partition coefficient (Wildman–Crippen LogP) is 3.74. The van der Waals surface area contributed by atoms with E-state index in [2.05, 4.69) is 33.2 Å². The van der Waals surface area contributed by atoms with Crippen molar-refractivity contribution in [3.05, 3.63) is 33.2 Å². The van der Waals surface area contributed by atoms with Crippen molar-refractivity contribution in [1.82, 2.24) is 4.90 Å². The number of morpholine rings is 1. The SMILES string of the molecule is c1cc(-c2csc(CCCN3CCOCC3)c2)cs1. The zero-order valence-electron chi connectivity index (χ0n) is 11.0. The number of hydrogen-bond acceptors (Lipinski definition) is 4. The second kappa shape index (κ2) is 6.66. The van der Waals surface area contributed by atoms with Crippen LogP contribution < -0.4 is 0 Å². The Morgan fingerprint density at radius 1 is 1.16 bits per heavy atom. The Balaban J connectivity index is 1.48. The Morgan fingerprint density at radius 2 is 2.05 bits per heavy atom. The van der Waals surface area contributed by atoms with Gasteiger partial charge in [0, 0.05) is 18.0 Å². The second-order valence-corrected chi connectivity index (χ2v) is 6.65. The summed E-state index contributed by atoms with van der Waals surface area (Å²) in [6, 6.07) is 4.55. The molecule has 3 heterocycles. The van der Waals surface area contributed by atoms with E-state index in [9.17, 15) is 0 Å². The first kappa shape index (κ1) is 13.3. The Hall–Kier alpha value is -0.680. The van der Waals surface area contributed by atoms with Crippen molar-refractivity contribution < 1.29 is 4.74 Å². The molecule has 1 saturated heterocycles. The number of nitrogens with zero attached hydrogens (tertiary/aromatic N) is 1. The summed E-state index contributed by atoms with van der Waals surface area (Å²) in [6.07, 6.45) is 2.45. The molecular weight excluding hydrogens is 274 g/mol. The highest BCUT2D eigenvalue weighted by atomic mass is 32.1. The number of aryl methyl sites for hydroxylation is 1. The minimum atomic E-state index is 0.904. The lowest BCUT2D eigenvalue weighted by Crippen LogP contribution is -2.36. The molecule has 1 aliphatic heterocycles. The van der Waals surface area contributed by atoms with Crippen molar-refractivity contribution in [3.8, 4) is 11.1 Å². The molecular formula is C15H19NOS2. The fraction of sp³-hybridized carbons (Fsp3) is 0.467. The van der Waals surface area contributed by atoms with Crippen LogP contribution in [0.5, 0.6) is 0 Å². The van der Waals surface area contributed by atoms with Crippen LogP contribution in [0.2, 0.25) is 0 Å². The highest BCUT2D eigenvalue weighted by molar-refractivity contribution is 7.10. The predicted molar refractivity (Wildman–Crippen MR) is 83.2 cm³/mol. The quantitative estimate of drug-likeness (QED) is 0.832. The van der Waals surface area contributed by atoms with E-state index < -0.39 is 0 Å². The number of rotatable bonds is 5. The number of ether oxygens (including phenoxy) is 1. The first-order valence-corrected chi connectivity index (χ1v) is 8.64. The van der Waals surface area contributed by atoms with Crippen LogP contribution in [0.25, 0.3) is 11.1 Å². The monoisotopic (exact) mass is 293 g/mol. The van der Waals surface area contributed by atoms with Gasteiger partial charge in [-0.25, -0.2) is 0 Å². The lowest BCUT2D eigenvalue weighted by molar-refractivity contribution is 0.0375.